The quantitative estimate of drug-likeness (QED) is 0.859. The number of piperazine rings is 1. The summed E-state index contributed by atoms with van der Waals surface area (Å²) in [5.74, 6) is -1.47. The van der Waals surface area contributed by atoms with Gasteiger partial charge in [-0.3, -0.25) is 14.6 Å². The van der Waals surface area contributed by atoms with Crippen LogP contribution < -0.4 is 0 Å². The number of aromatic nitrogens is 1. The summed E-state index contributed by atoms with van der Waals surface area (Å²) in [6.45, 7) is 4.55. The summed E-state index contributed by atoms with van der Waals surface area (Å²) in [6.07, 6.45) is 1.17. The van der Waals surface area contributed by atoms with E-state index in [0.717, 1.165) is 0 Å². The molecule has 2 rings (SSSR count). The predicted molar refractivity (Wildman–Crippen MR) is 84.7 cm³/mol. The van der Waals surface area contributed by atoms with E-state index in [1.807, 2.05) is 13.8 Å². The number of carboxylic acid groups (broad SMARTS) is 1. The Morgan fingerprint density at radius 2 is 1.88 bits per heavy atom. The second-order valence-electron chi connectivity index (χ2n) is 5.88. The average molecular weight is 335 g/mol. The van der Waals surface area contributed by atoms with Crippen molar-refractivity contribution in [3.8, 4) is 0 Å². The van der Waals surface area contributed by atoms with E-state index in [0.29, 0.717) is 13.1 Å². The van der Waals surface area contributed by atoms with Crippen LogP contribution in [0.1, 0.15) is 34.7 Å². The van der Waals surface area contributed by atoms with Crippen LogP contribution in [0.4, 0.5) is 0 Å². The first kappa shape index (κ1) is 17.9. The van der Waals surface area contributed by atoms with E-state index < -0.39 is 5.97 Å². The maximum absolute atomic E-state index is 12.6. The zero-order valence-corrected chi connectivity index (χ0v) is 13.9. The Morgan fingerprint density at radius 1 is 1.25 bits per heavy atom. The summed E-state index contributed by atoms with van der Waals surface area (Å²) >= 11 is 0. The minimum Gasteiger partial charge on any atom is -0.478 e. The van der Waals surface area contributed by atoms with Gasteiger partial charge in [-0.2, -0.15) is 0 Å². The fourth-order valence-electron chi connectivity index (χ4n) is 2.99. The predicted octanol–water partition coefficient (Wildman–Crippen LogP) is 0.488. The van der Waals surface area contributed by atoms with Crippen molar-refractivity contribution in [1.82, 2.24) is 14.8 Å². The molecule has 0 saturated carbocycles. The van der Waals surface area contributed by atoms with Crippen molar-refractivity contribution in [2.75, 3.05) is 26.8 Å². The standard InChI is InChI=1S/C16H21N3O5/c1-10-7-18(8-11(2)19(10)14(20)9-24-3)15(21)13-5-4-12(6-17-13)16(22)23/h4-6,10-11H,7-9H2,1-3H3,(H,22,23). The van der Waals surface area contributed by atoms with Crippen LogP contribution in [0.15, 0.2) is 18.3 Å². The molecule has 0 spiro atoms. The number of carbonyl (C=O) groups is 3. The highest BCUT2D eigenvalue weighted by atomic mass is 16.5. The zero-order chi connectivity index (χ0) is 17.9. The third-order valence-corrected chi connectivity index (χ3v) is 3.99. The molecule has 0 bridgehead atoms. The molecule has 1 aliphatic heterocycles. The van der Waals surface area contributed by atoms with Crippen LogP contribution in [-0.2, 0) is 9.53 Å². The number of nitrogens with zero attached hydrogens (tertiary/aromatic N) is 3. The van der Waals surface area contributed by atoms with Gasteiger partial charge in [0.2, 0.25) is 5.91 Å². The van der Waals surface area contributed by atoms with Gasteiger partial charge in [0, 0.05) is 38.5 Å². The Hall–Kier alpha value is -2.48. The van der Waals surface area contributed by atoms with Gasteiger partial charge in [0.05, 0.1) is 5.56 Å². The largest absolute Gasteiger partial charge is 0.478 e. The van der Waals surface area contributed by atoms with E-state index in [9.17, 15) is 14.4 Å². The number of pyridine rings is 1. The lowest BCUT2D eigenvalue weighted by Gasteiger charge is -2.44. The molecule has 0 aliphatic carbocycles. The molecule has 1 aliphatic rings. The Kier molecular flexibility index (Phi) is 5.50. The van der Waals surface area contributed by atoms with Gasteiger partial charge in [-0.05, 0) is 26.0 Å². The molecule has 2 unspecified atom stereocenters. The van der Waals surface area contributed by atoms with Crippen LogP contribution in [0.25, 0.3) is 0 Å². The van der Waals surface area contributed by atoms with Crippen molar-refractivity contribution >= 4 is 17.8 Å². The van der Waals surface area contributed by atoms with Crippen LogP contribution in [0.3, 0.4) is 0 Å². The van der Waals surface area contributed by atoms with Crippen LogP contribution >= 0.6 is 0 Å². The number of hydrogen-bond donors (Lipinski definition) is 1. The van der Waals surface area contributed by atoms with Crippen molar-refractivity contribution in [1.29, 1.82) is 0 Å². The van der Waals surface area contributed by atoms with Crippen LogP contribution in [0.5, 0.6) is 0 Å². The van der Waals surface area contributed by atoms with E-state index in [1.54, 1.807) is 9.80 Å². The number of carbonyl (C=O) groups excluding carboxylic acids is 2. The highest BCUT2D eigenvalue weighted by molar-refractivity contribution is 5.94. The Labute approximate surface area is 140 Å². The van der Waals surface area contributed by atoms with Gasteiger partial charge in [-0.25, -0.2) is 4.79 Å². The van der Waals surface area contributed by atoms with Gasteiger partial charge in [-0.15, -0.1) is 0 Å². The summed E-state index contributed by atoms with van der Waals surface area (Å²) in [4.78, 5) is 42.8. The minimum atomic E-state index is -1.09. The molecule has 1 aromatic rings. The SMILES string of the molecule is COCC(=O)N1C(C)CN(C(=O)c2ccc(C(=O)O)cn2)CC1C. The number of hydrogen-bond acceptors (Lipinski definition) is 5. The third kappa shape index (κ3) is 3.70. The summed E-state index contributed by atoms with van der Waals surface area (Å²) in [7, 11) is 1.47. The summed E-state index contributed by atoms with van der Waals surface area (Å²) in [5, 5.41) is 8.87. The van der Waals surface area contributed by atoms with Crippen LogP contribution in [0, 0.1) is 0 Å². The van der Waals surface area contributed by atoms with Crippen molar-refractivity contribution in [2.24, 2.45) is 0 Å². The van der Waals surface area contributed by atoms with E-state index >= 15 is 0 Å². The Bertz CT molecular complexity index is 619. The molecular weight excluding hydrogens is 314 g/mol. The number of aromatic carboxylic acids is 1. The van der Waals surface area contributed by atoms with Crippen LogP contribution in [0.2, 0.25) is 0 Å². The summed E-state index contributed by atoms with van der Waals surface area (Å²) in [6, 6.07) is 2.48. The average Bonchev–Trinajstić information content (AvgIpc) is 2.53. The molecular formula is C16H21N3O5. The van der Waals surface area contributed by atoms with E-state index in [1.165, 1.54) is 25.4 Å². The molecule has 2 atom stereocenters. The molecule has 0 radical (unpaired) electrons. The number of rotatable bonds is 4. The van der Waals surface area contributed by atoms with Crippen molar-refractivity contribution in [3.63, 3.8) is 0 Å². The topological polar surface area (TPSA) is 100 Å². The molecule has 2 heterocycles. The molecule has 2 amide bonds. The van der Waals surface area contributed by atoms with Gasteiger partial charge < -0.3 is 19.6 Å². The lowest BCUT2D eigenvalue weighted by molar-refractivity contribution is -0.142. The highest BCUT2D eigenvalue weighted by Gasteiger charge is 2.35. The first-order valence-corrected chi connectivity index (χ1v) is 7.63. The minimum absolute atomic E-state index is 0.0147. The normalized spacial score (nSPS) is 20.8. The number of carboxylic acids is 1. The summed E-state index contributed by atoms with van der Waals surface area (Å²) < 4.78 is 4.90. The molecule has 0 aromatic carbocycles. The molecule has 8 heteroatoms. The van der Waals surface area contributed by atoms with Gasteiger partial charge in [0.1, 0.15) is 12.3 Å². The van der Waals surface area contributed by atoms with E-state index in [-0.39, 0.29) is 41.8 Å². The lowest BCUT2D eigenvalue weighted by Crippen LogP contribution is -2.60. The molecule has 1 saturated heterocycles. The van der Waals surface area contributed by atoms with E-state index in [4.69, 9.17) is 9.84 Å². The van der Waals surface area contributed by atoms with Crippen molar-refractivity contribution in [3.05, 3.63) is 29.6 Å². The molecule has 8 nitrogen and oxygen atoms in total. The van der Waals surface area contributed by atoms with Gasteiger partial charge in [-0.1, -0.05) is 0 Å². The molecule has 1 aromatic heterocycles. The van der Waals surface area contributed by atoms with Gasteiger partial charge in [0.15, 0.2) is 0 Å². The van der Waals surface area contributed by atoms with E-state index in [2.05, 4.69) is 4.98 Å². The number of ether oxygens (including phenoxy) is 1. The van der Waals surface area contributed by atoms with Gasteiger partial charge in [0.25, 0.3) is 5.91 Å². The first-order chi connectivity index (χ1) is 11.3. The second kappa shape index (κ2) is 7.39. The highest BCUT2D eigenvalue weighted by Crippen LogP contribution is 2.18. The van der Waals surface area contributed by atoms with Gasteiger partial charge >= 0.3 is 5.97 Å². The lowest BCUT2D eigenvalue weighted by atomic mass is 10.1. The molecule has 130 valence electrons. The monoisotopic (exact) mass is 335 g/mol. The van der Waals surface area contributed by atoms with Crippen molar-refractivity contribution < 1.29 is 24.2 Å². The Balaban J connectivity index is 2.09. The number of amides is 2. The molecule has 1 N–H and O–H groups in total. The smallest absolute Gasteiger partial charge is 0.337 e. The van der Waals surface area contributed by atoms with Crippen molar-refractivity contribution in [2.45, 2.75) is 25.9 Å². The third-order valence-electron chi connectivity index (χ3n) is 3.99. The molecule has 1 fully saturated rings. The zero-order valence-electron chi connectivity index (χ0n) is 13.9. The maximum atomic E-state index is 12.6. The second-order valence-corrected chi connectivity index (χ2v) is 5.88. The first-order valence-electron chi connectivity index (χ1n) is 7.63. The summed E-state index contributed by atoms with van der Waals surface area (Å²) in [5.41, 5.74) is 0.222. The fraction of sp³-hybridized carbons (Fsp3) is 0.500. The van der Waals surface area contributed by atoms with Crippen LogP contribution in [-0.4, -0.2) is 76.6 Å². The Morgan fingerprint density at radius 3 is 2.33 bits per heavy atom. The molecule has 24 heavy (non-hydrogen) atoms. The number of methoxy groups -OCH3 is 1. The maximum Gasteiger partial charge on any atom is 0.337 e. The fourth-order valence-corrected chi connectivity index (χ4v) is 2.99.